The van der Waals surface area contributed by atoms with Crippen molar-refractivity contribution >= 4 is 11.5 Å². The fraction of sp³-hybridized carbons (Fsp3) is 0.650. The number of hydrogen-bond donors (Lipinski definition) is 0. The lowest BCUT2D eigenvalue weighted by atomic mass is 10.1. The summed E-state index contributed by atoms with van der Waals surface area (Å²) in [7, 11) is 0. The summed E-state index contributed by atoms with van der Waals surface area (Å²) in [5, 5.41) is 0. The zero-order valence-electron chi connectivity index (χ0n) is 15.3. The standard InChI is InChI=1S/C20H30N2O3/c1-17(23)15-19(21-9-3-2-4-10-21)16-25-20-7-5-18(6-8-20)22-11-13-24-14-12-22/h5-8,19H,2-4,9-16H2,1H3. The number of Topliss-reactive ketones (excluding diaryl/α,β-unsaturated/α-hetero) is 1. The van der Waals surface area contributed by atoms with Gasteiger partial charge in [0, 0.05) is 25.2 Å². The summed E-state index contributed by atoms with van der Waals surface area (Å²) in [6, 6.07) is 8.48. The van der Waals surface area contributed by atoms with Gasteiger partial charge in [0.05, 0.1) is 19.3 Å². The highest BCUT2D eigenvalue weighted by Crippen LogP contribution is 2.22. The Hall–Kier alpha value is -1.59. The summed E-state index contributed by atoms with van der Waals surface area (Å²) in [5.74, 6) is 1.12. The molecule has 0 spiro atoms. The van der Waals surface area contributed by atoms with Gasteiger partial charge in [-0.05, 0) is 57.1 Å². The van der Waals surface area contributed by atoms with Crippen LogP contribution in [0, 0.1) is 0 Å². The van der Waals surface area contributed by atoms with Crippen molar-refractivity contribution in [3.05, 3.63) is 24.3 Å². The molecule has 2 heterocycles. The van der Waals surface area contributed by atoms with E-state index in [-0.39, 0.29) is 11.8 Å². The Morgan fingerprint density at radius 2 is 1.76 bits per heavy atom. The second kappa shape index (κ2) is 9.20. The van der Waals surface area contributed by atoms with E-state index < -0.39 is 0 Å². The van der Waals surface area contributed by atoms with Gasteiger partial charge in [-0.3, -0.25) is 9.69 Å². The highest BCUT2D eigenvalue weighted by Gasteiger charge is 2.22. The van der Waals surface area contributed by atoms with E-state index in [1.54, 1.807) is 6.92 Å². The van der Waals surface area contributed by atoms with Crippen molar-refractivity contribution in [3.8, 4) is 5.75 Å². The minimum Gasteiger partial charge on any atom is -0.492 e. The molecule has 0 N–H and O–H groups in total. The first-order chi connectivity index (χ1) is 12.2. The minimum absolute atomic E-state index is 0.191. The monoisotopic (exact) mass is 346 g/mol. The van der Waals surface area contributed by atoms with E-state index in [1.807, 2.05) is 12.1 Å². The molecule has 1 aromatic carbocycles. The topological polar surface area (TPSA) is 42.0 Å². The molecule has 1 aromatic rings. The third-order valence-corrected chi connectivity index (χ3v) is 5.09. The normalized spacial score (nSPS) is 20.3. The van der Waals surface area contributed by atoms with Gasteiger partial charge in [-0.25, -0.2) is 0 Å². The predicted octanol–water partition coefficient (Wildman–Crippen LogP) is 2.74. The molecular weight excluding hydrogens is 316 g/mol. The molecule has 0 aliphatic carbocycles. The molecule has 138 valence electrons. The number of nitrogens with zero attached hydrogens (tertiary/aromatic N) is 2. The average Bonchev–Trinajstić information content (AvgIpc) is 2.67. The Morgan fingerprint density at radius 1 is 1.08 bits per heavy atom. The Balaban J connectivity index is 1.55. The van der Waals surface area contributed by atoms with E-state index in [0.29, 0.717) is 13.0 Å². The van der Waals surface area contributed by atoms with E-state index in [4.69, 9.17) is 9.47 Å². The summed E-state index contributed by atoms with van der Waals surface area (Å²) in [6.45, 7) is 7.88. The smallest absolute Gasteiger partial charge is 0.131 e. The Morgan fingerprint density at radius 3 is 2.40 bits per heavy atom. The van der Waals surface area contributed by atoms with Crippen molar-refractivity contribution in [2.45, 2.75) is 38.6 Å². The molecule has 0 aromatic heterocycles. The molecule has 2 aliphatic rings. The van der Waals surface area contributed by atoms with E-state index in [0.717, 1.165) is 45.1 Å². The number of benzene rings is 1. The summed E-state index contributed by atoms with van der Waals surface area (Å²) in [5.41, 5.74) is 1.21. The van der Waals surface area contributed by atoms with Gasteiger partial charge in [0.1, 0.15) is 18.1 Å². The number of morpholine rings is 1. The number of carbonyl (C=O) groups is 1. The van der Waals surface area contributed by atoms with Crippen molar-refractivity contribution in [1.82, 2.24) is 4.90 Å². The molecule has 0 saturated carbocycles. The summed E-state index contributed by atoms with van der Waals surface area (Å²) in [6.07, 6.45) is 4.32. The third kappa shape index (κ3) is 5.44. The summed E-state index contributed by atoms with van der Waals surface area (Å²) < 4.78 is 11.4. The number of anilines is 1. The second-order valence-corrected chi connectivity index (χ2v) is 7.06. The number of ether oxygens (including phenoxy) is 2. The Bertz CT molecular complexity index is 534. The second-order valence-electron chi connectivity index (χ2n) is 7.06. The van der Waals surface area contributed by atoms with Crippen molar-refractivity contribution in [2.24, 2.45) is 0 Å². The summed E-state index contributed by atoms with van der Waals surface area (Å²) >= 11 is 0. The van der Waals surface area contributed by atoms with E-state index >= 15 is 0 Å². The zero-order valence-corrected chi connectivity index (χ0v) is 15.3. The molecule has 5 heteroatoms. The van der Waals surface area contributed by atoms with Gasteiger partial charge in [-0.1, -0.05) is 6.42 Å². The van der Waals surface area contributed by atoms with Gasteiger partial charge >= 0.3 is 0 Å². The highest BCUT2D eigenvalue weighted by atomic mass is 16.5. The first kappa shape index (κ1) is 18.2. The molecule has 2 saturated heterocycles. The van der Waals surface area contributed by atoms with Crippen molar-refractivity contribution < 1.29 is 14.3 Å². The van der Waals surface area contributed by atoms with Crippen LogP contribution in [0.25, 0.3) is 0 Å². The average molecular weight is 346 g/mol. The van der Waals surface area contributed by atoms with E-state index in [2.05, 4.69) is 21.9 Å². The number of hydrogen-bond acceptors (Lipinski definition) is 5. The molecule has 0 radical (unpaired) electrons. The maximum atomic E-state index is 11.6. The van der Waals surface area contributed by atoms with Gasteiger partial charge in [-0.2, -0.15) is 0 Å². The van der Waals surface area contributed by atoms with E-state index in [1.165, 1.54) is 24.9 Å². The molecular formula is C20H30N2O3. The molecule has 3 rings (SSSR count). The molecule has 0 amide bonds. The van der Waals surface area contributed by atoms with Crippen molar-refractivity contribution in [3.63, 3.8) is 0 Å². The third-order valence-electron chi connectivity index (χ3n) is 5.09. The number of likely N-dealkylation sites (tertiary alicyclic amines) is 1. The van der Waals surface area contributed by atoms with Gasteiger partial charge in [0.25, 0.3) is 0 Å². The lowest BCUT2D eigenvalue weighted by Gasteiger charge is -2.34. The van der Waals surface area contributed by atoms with Crippen LogP contribution in [0.3, 0.4) is 0 Å². The fourth-order valence-corrected chi connectivity index (χ4v) is 3.68. The predicted molar refractivity (Wildman–Crippen MR) is 99.5 cm³/mol. The van der Waals surface area contributed by atoms with Gasteiger partial charge in [0.15, 0.2) is 0 Å². The van der Waals surface area contributed by atoms with Gasteiger partial charge in [0.2, 0.25) is 0 Å². The molecule has 1 atom stereocenters. The van der Waals surface area contributed by atoms with Crippen LogP contribution >= 0.6 is 0 Å². The van der Waals surface area contributed by atoms with Crippen LogP contribution in [-0.2, 0) is 9.53 Å². The van der Waals surface area contributed by atoms with E-state index in [9.17, 15) is 4.79 Å². The lowest BCUT2D eigenvalue weighted by molar-refractivity contribution is -0.118. The lowest BCUT2D eigenvalue weighted by Crippen LogP contribution is -2.43. The molecule has 2 fully saturated rings. The highest BCUT2D eigenvalue weighted by molar-refractivity contribution is 5.76. The number of carbonyl (C=O) groups excluding carboxylic acids is 1. The maximum Gasteiger partial charge on any atom is 0.131 e. The first-order valence-corrected chi connectivity index (χ1v) is 9.51. The fourth-order valence-electron chi connectivity index (χ4n) is 3.68. The number of piperidine rings is 1. The molecule has 25 heavy (non-hydrogen) atoms. The van der Waals surface area contributed by atoms with Crippen LogP contribution in [0.15, 0.2) is 24.3 Å². The molecule has 2 aliphatic heterocycles. The van der Waals surface area contributed by atoms with Crippen LogP contribution in [0.1, 0.15) is 32.6 Å². The number of rotatable bonds is 7. The largest absolute Gasteiger partial charge is 0.492 e. The SMILES string of the molecule is CC(=O)CC(COc1ccc(N2CCOCC2)cc1)N1CCCCC1. The quantitative estimate of drug-likeness (QED) is 0.759. The minimum atomic E-state index is 0.191. The van der Waals surface area contributed by atoms with Crippen LogP contribution in [-0.4, -0.2) is 62.7 Å². The number of ketones is 1. The Labute approximate surface area is 150 Å². The molecule has 5 nitrogen and oxygen atoms in total. The van der Waals surface area contributed by atoms with Crippen LogP contribution in [0.5, 0.6) is 5.75 Å². The maximum absolute atomic E-state index is 11.6. The van der Waals surface area contributed by atoms with Crippen molar-refractivity contribution in [1.29, 1.82) is 0 Å². The molecule has 1 unspecified atom stereocenters. The van der Waals surface area contributed by atoms with Gasteiger partial charge in [-0.15, -0.1) is 0 Å². The first-order valence-electron chi connectivity index (χ1n) is 9.51. The Kier molecular flexibility index (Phi) is 6.70. The van der Waals surface area contributed by atoms with Gasteiger partial charge < -0.3 is 14.4 Å². The summed E-state index contributed by atoms with van der Waals surface area (Å²) in [4.78, 5) is 16.4. The molecule has 0 bridgehead atoms. The van der Waals surface area contributed by atoms with Crippen molar-refractivity contribution in [2.75, 3.05) is 50.9 Å². The van der Waals surface area contributed by atoms with Crippen LogP contribution in [0.2, 0.25) is 0 Å². The zero-order chi connectivity index (χ0) is 17.5. The van der Waals surface area contributed by atoms with Crippen LogP contribution < -0.4 is 9.64 Å². The van der Waals surface area contributed by atoms with Crippen LogP contribution in [0.4, 0.5) is 5.69 Å².